The van der Waals surface area contributed by atoms with E-state index in [2.05, 4.69) is 0 Å². The van der Waals surface area contributed by atoms with Crippen molar-refractivity contribution >= 4 is 0 Å². The van der Waals surface area contributed by atoms with Gasteiger partial charge in [0.2, 0.25) is 0 Å². The lowest BCUT2D eigenvalue weighted by Gasteiger charge is -2.08. The first kappa shape index (κ1) is 11.6. The van der Waals surface area contributed by atoms with Gasteiger partial charge in [0.05, 0.1) is 6.61 Å². The monoisotopic (exact) mass is 232 g/mol. The second kappa shape index (κ2) is 4.97. The van der Waals surface area contributed by atoms with Gasteiger partial charge in [-0.1, -0.05) is 24.3 Å². The number of aryl methyl sites for hydroxylation is 1. The second-order valence-electron chi connectivity index (χ2n) is 3.79. The van der Waals surface area contributed by atoms with Crippen LogP contribution in [0, 0.1) is 12.7 Å². The van der Waals surface area contributed by atoms with Crippen LogP contribution in [0.3, 0.4) is 0 Å². The molecule has 0 heterocycles. The van der Waals surface area contributed by atoms with E-state index in [0.717, 1.165) is 5.56 Å². The van der Waals surface area contributed by atoms with E-state index < -0.39 is 0 Å². The van der Waals surface area contributed by atoms with E-state index in [-0.39, 0.29) is 18.2 Å². The number of aliphatic hydroxyl groups excluding tert-OH is 1. The van der Waals surface area contributed by atoms with Gasteiger partial charge in [-0.3, -0.25) is 0 Å². The Balaban J connectivity index is 2.22. The molecule has 0 aliphatic heterocycles. The van der Waals surface area contributed by atoms with Crippen molar-refractivity contribution in [1.29, 1.82) is 0 Å². The summed E-state index contributed by atoms with van der Waals surface area (Å²) in [7, 11) is 0. The van der Waals surface area contributed by atoms with Crippen LogP contribution < -0.4 is 4.74 Å². The van der Waals surface area contributed by atoms with Crippen molar-refractivity contribution < 1.29 is 14.2 Å². The minimum absolute atomic E-state index is 0.0148. The molecule has 0 unspecified atom stereocenters. The standard InChI is InChI=1S/C14H13FO2/c1-10-3-2-4-13(14(10)15)17-12-7-5-11(9-16)6-8-12/h2-8,16H,9H2,1H3. The largest absolute Gasteiger partial charge is 0.454 e. The summed E-state index contributed by atoms with van der Waals surface area (Å²) >= 11 is 0. The van der Waals surface area contributed by atoms with Crippen LogP contribution in [0.5, 0.6) is 11.5 Å². The molecular formula is C14H13FO2. The van der Waals surface area contributed by atoms with Crippen LogP contribution in [-0.2, 0) is 6.61 Å². The van der Waals surface area contributed by atoms with Crippen LogP contribution >= 0.6 is 0 Å². The lowest BCUT2D eigenvalue weighted by molar-refractivity contribution is 0.281. The first-order valence-corrected chi connectivity index (χ1v) is 5.33. The number of hydrogen-bond acceptors (Lipinski definition) is 2. The van der Waals surface area contributed by atoms with E-state index in [9.17, 15) is 4.39 Å². The van der Waals surface area contributed by atoms with E-state index in [0.29, 0.717) is 11.3 Å². The zero-order valence-corrected chi connectivity index (χ0v) is 9.48. The number of halogens is 1. The fourth-order valence-corrected chi connectivity index (χ4v) is 1.49. The molecule has 0 saturated carbocycles. The molecule has 17 heavy (non-hydrogen) atoms. The lowest BCUT2D eigenvalue weighted by Crippen LogP contribution is -1.91. The van der Waals surface area contributed by atoms with Gasteiger partial charge in [0, 0.05) is 0 Å². The third-order valence-corrected chi connectivity index (χ3v) is 2.49. The van der Waals surface area contributed by atoms with Crippen LogP contribution in [0.15, 0.2) is 42.5 Å². The molecule has 2 nitrogen and oxygen atoms in total. The Hall–Kier alpha value is -1.87. The van der Waals surface area contributed by atoms with Crippen LogP contribution in [0.2, 0.25) is 0 Å². The Kier molecular flexibility index (Phi) is 3.40. The van der Waals surface area contributed by atoms with Crippen LogP contribution in [-0.4, -0.2) is 5.11 Å². The van der Waals surface area contributed by atoms with Gasteiger partial charge in [-0.15, -0.1) is 0 Å². The molecule has 0 aliphatic rings. The maximum absolute atomic E-state index is 13.7. The van der Waals surface area contributed by atoms with Gasteiger partial charge < -0.3 is 9.84 Å². The number of ether oxygens (including phenoxy) is 1. The second-order valence-corrected chi connectivity index (χ2v) is 3.79. The van der Waals surface area contributed by atoms with E-state index in [1.165, 1.54) is 0 Å². The third-order valence-electron chi connectivity index (χ3n) is 2.49. The molecular weight excluding hydrogens is 219 g/mol. The molecule has 1 N–H and O–H groups in total. The molecule has 2 aromatic rings. The molecule has 0 atom stereocenters. The van der Waals surface area contributed by atoms with Crippen molar-refractivity contribution in [2.45, 2.75) is 13.5 Å². The van der Waals surface area contributed by atoms with E-state index >= 15 is 0 Å². The summed E-state index contributed by atoms with van der Waals surface area (Å²) < 4.78 is 19.1. The van der Waals surface area contributed by atoms with Gasteiger partial charge in [-0.2, -0.15) is 0 Å². The summed E-state index contributed by atoms with van der Waals surface area (Å²) in [5.74, 6) is 0.409. The lowest BCUT2D eigenvalue weighted by atomic mass is 10.2. The summed E-state index contributed by atoms with van der Waals surface area (Å²) in [4.78, 5) is 0. The fraction of sp³-hybridized carbons (Fsp3) is 0.143. The minimum Gasteiger partial charge on any atom is -0.454 e. The Morgan fingerprint density at radius 2 is 1.82 bits per heavy atom. The highest BCUT2D eigenvalue weighted by Gasteiger charge is 2.06. The molecule has 0 bridgehead atoms. The molecule has 0 spiro atoms. The van der Waals surface area contributed by atoms with Gasteiger partial charge in [-0.05, 0) is 36.2 Å². The Morgan fingerprint density at radius 1 is 1.12 bits per heavy atom. The average Bonchev–Trinajstić information content (AvgIpc) is 2.36. The van der Waals surface area contributed by atoms with Crippen molar-refractivity contribution in [2.24, 2.45) is 0 Å². The Bertz CT molecular complexity index is 506. The summed E-state index contributed by atoms with van der Waals surface area (Å²) in [5, 5.41) is 8.90. The number of hydrogen-bond donors (Lipinski definition) is 1. The van der Waals surface area contributed by atoms with Crippen molar-refractivity contribution in [3.63, 3.8) is 0 Å². The number of aliphatic hydroxyl groups is 1. The first-order chi connectivity index (χ1) is 8.20. The molecule has 0 aromatic heterocycles. The summed E-state index contributed by atoms with van der Waals surface area (Å²) in [6.45, 7) is 1.68. The highest BCUT2D eigenvalue weighted by atomic mass is 19.1. The first-order valence-electron chi connectivity index (χ1n) is 5.33. The maximum Gasteiger partial charge on any atom is 0.168 e. The molecule has 2 rings (SSSR count). The van der Waals surface area contributed by atoms with Gasteiger partial charge in [0.25, 0.3) is 0 Å². The maximum atomic E-state index is 13.7. The summed E-state index contributed by atoms with van der Waals surface area (Å²) in [6, 6.07) is 11.9. The molecule has 2 aromatic carbocycles. The van der Waals surface area contributed by atoms with E-state index in [1.54, 1.807) is 49.4 Å². The van der Waals surface area contributed by atoms with Gasteiger partial charge in [0.15, 0.2) is 11.6 Å². The highest BCUT2D eigenvalue weighted by Crippen LogP contribution is 2.26. The van der Waals surface area contributed by atoms with Crippen LogP contribution in [0.25, 0.3) is 0 Å². The SMILES string of the molecule is Cc1cccc(Oc2ccc(CO)cc2)c1F. The number of benzene rings is 2. The van der Waals surface area contributed by atoms with Gasteiger partial charge in [0.1, 0.15) is 5.75 Å². The Morgan fingerprint density at radius 3 is 2.47 bits per heavy atom. The normalized spacial score (nSPS) is 10.3. The number of rotatable bonds is 3. The zero-order chi connectivity index (χ0) is 12.3. The van der Waals surface area contributed by atoms with Gasteiger partial charge >= 0.3 is 0 Å². The Labute approximate surface area is 99.3 Å². The van der Waals surface area contributed by atoms with Crippen molar-refractivity contribution in [3.8, 4) is 11.5 Å². The minimum atomic E-state index is -0.348. The molecule has 3 heteroatoms. The predicted octanol–water partition coefficient (Wildman–Crippen LogP) is 3.42. The van der Waals surface area contributed by atoms with E-state index in [1.807, 2.05) is 0 Å². The predicted molar refractivity (Wildman–Crippen MR) is 63.6 cm³/mol. The summed E-state index contributed by atoms with van der Waals surface area (Å²) in [6.07, 6.45) is 0. The molecule has 0 radical (unpaired) electrons. The molecule has 0 amide bonds. The van der Waals surface area contributed by atoms with Crippen molar-refractivity contribution in [3.05, 3.63) is 59.4 Å². The summed E-state index contributed by atoms with van der Waals surface area (Å²) in [5.41, 5.74) is 1.34. The molecule has 0 saturated heterocycles. The average molecular weight is 232 g/mol. The van der Waals surface area contributed by atoms with Crippen molar-refractivity contribution in [2.75, 3.05) is 0 Å². The van der Waals surface area contributed by atoms with Crippen molar-refractivity contribution in [1.82, 2.24) is 0 Å². The molecule has 0 fully saturated rings. The third kappa shape index (κ3) is 2.63. The van der Waals surface area contributed by atoms with Gasteiger partial charge in [-0.25, -0.2) is 4.39 Å². The quantitative estimate of drug-likeness (QED) is 0.878. The smallest absolute Gasteiger partial charge is 0.168 e. The van der Waals surface area contributed by atoms with Crippen LogP contribution in [0.4, 0.5) is 4.39 Å². The zero-order valence-electron chi connectivity index (χ0n) is 9.48. The topological polar surface area (TPSA) is 29.5 Å². The highest BCUT2D eigenvalue weighted by molar-refractivity contribution is 5.36. The van der Waals surface area contributed by atoms with E-state index in [4.69, 9.17) is 9.84 Å². The molecule has 0 aliphatic carbocycles. The molecule has 88 valence electrons. The van der Waals surface area contributed by atoms with Crippen LogP contribution in [0.1, 0.15) is 11.1 Å². The fourth-order valence-electron chi connectivity index (χ4n) is 1.49.